The van der Waals surface area contributed by atoms with Crippen molar-refractivity contribution in [2.24, 2.45) is 0 Å². The highest BCUT2D eigenvalue weighted by atomic mass is 16.3. The maximum atomic E-state index is 10.0. The van der Waals surface area contributed by atoms with E-state index in [-0.39, 0.29) is 6.04 Å². The van der Waals surface area contributed by atoms with E-state index in [0.717, 1.165) is 18.5 Å². The van der Waals surface area contributed by atoms with Gasteiger partial charge in [0.05, 0.1) is 12.3 Å². The Balaban J connectivity index is 1.99. The van der Waals surface area contributed by atoms with Gasteiger partial charge in [-0.1, -0.05) is 12.8 Å². The third-order valence-electron chi connectivity index (χ3n) is 2.84. The van der Waals surface area contributed by atoms with Crippen molar-refractivity contribution in [3.8, 4) is 0 Å². The summed E-state index contributed by atoms with van der Waals surface area (Å²) in [5.74, 6) is 0. The van der Waals surface area contributed by atoms with Gasteiger partial charge in [-0.3, -0.25) is 5.10 Å². The summed E-state index contributed by atoms with van der Waals surface area (Å²) in [4.78, 5) is 0. The van der Waals surface area contributed by atoms with E-state index in [2.05, 4.69) is 15.5 Å². The monoisotopic (exact) mass is 195 g/mol. The number of hydrogen-bond acceptors (Lipinski definition) is 3. The van der Waals surface area contributed by atoms with Gasteiger partial charge < -0.3 is 10.4 Å². The van der Waals surface area contributed by atoms with E-state index in [4.69, 9.17) is 0 Å². The topological polar surface area (TPSA) is 60.9 Å². The lowest BCUT2D eigenvalue weighted by Crippen LogP contribution is -2.34. The zero-order valence-electron chi connectivity index (χ0n) is 8.24. The van der Waals surface area contributed by atoms with E-state index in [9.17, 15) is 5.11 Å². The minimum Gasteiger partial charge on any atom is -0.387 e. The van der Waals surface area contributed by atoms with Crippen LogP contribution in [0.3, 0.4) is 0 Å². The molecule has 0 bridgehead atoms. The van der Waals surface area contributed by atoms with Crippen LogP contribution in [-0.2, 0) is 0 Å². The third-order valence-corrected chi connectivity index (χ3v) is 2.84. The molecule has 1 aromatic heterocycles. The van der Waals surface area contributed by atoms with Crippen LogP contribution in [0.1, 0.15) is 37.4 Å². The normalized spacial score (nSPS) is 25.6. The second-order valence-corrected chi connectivity index (χ2v) is 3.89. The Hall–Kier alpha value is -0.870. The van der Waals surface area contributed by atoms with Crippen LogP contribution in [0.2, 0.25) is 0 Å². The summed E-state index contributed by atoms with van der Waals surface area (Å²) < 4.78 is 0. The van der Waals surface area contributed by atoms with E-state index >= 15 is 0 Å². The molecule has 0 saturated carbocycles. The number of nitrogens with one attached hydrogen (secondary N) is 2. The molecule has 4 nitrogen and oxygen atoms in total. The Morgan fingerprint density at radius 1 is 1.43 bits per heavy atom. The number of aromatic amines is 1. The predicted molar refractivity (Wildman–Crippen MR) is 53.8 cm³/mol. The molecule has 1 aliphatic heterocycles. The minimum absolute atomic E-state index is 0.190. The van der Waals surface area contributed by atoms with Crippen LogP contribution in [0, 0.1) is 0 Å². The lowest BCUT2D eigenvalue weighted by Gasteiger charge is -2.21. The molecule has 4 heteroatoms. The summed E-state index contributed by atoms with van der Waals surface area (Å²) in [7, 11) is 0. The molecule has 0 radical (unpaired) electrons. The average molecular weight is 195 g/mol. The van der Waals surface area contributed by atoms with E-state index in [1.807, 2.05) is 0 Å². The summed E-state index contributed by atoms with van der Waals surface area (Å²) in [6.45, 7) is 1.01. The lowest BCUT2D eigenvalue weighted by atomic mass is 10.0. The highest BCUT2D eigenvalue weighted by Gasteiger charge is 2.21. The minimum atomic E-state index is -0.424. The van der Waals surface area contributed by atoms with Crippen molar-refractivity contribution in [3.05, 3.63) is 18.0 Å². The molecule has 3 N–H and O–H groups in total. The van der Waals surface area contributed by atoms with Crippen LogP contribution in [-0.4, -0.2) is 27.9 Å². The number of aliphatic hydroxyl groups excluding tert-OH is 1. The number of hydrogen-bond donors (Lipinski definition) is 3. The fourth-order valence-electron chi connectivity index (χ4n) is 1.98. The van der Waals surface area contributed by atoms with Crippen LogP contribution in [0.25, 0.3) is 0 Å². The second kappa shape index (κ2) is 4.57. The summed E-state index contributed by atoms with van der Waals surface area (Å²) in [6.07, 6.45) is 7.76. The Morgan fingerprint density at radius 3 is 3.14 bits per heavy atom. The Labute approximate surface area is 83.7 Å². The first-order chi connectivity index (χ1) is 6.88. The number of aromatic nitrogens is 2. The van der Waals surface area contributed by atoms with Crippen molar-refractivity contribution >= 4 is 0 Å². The molecule has 2 unspecified atom stereocenters. The predicted octanol–water partition coefficient (Wildman–Crippen LogP) is 0.975. The van der Waals surface area contributed by atoms with Gasteiger partial charge in [-0.05, 0) is 19.4 Å². The van der Waals surface area contributed by atoms with Crippen molar-refractivity contribution in [1.82, 2.24) is 15.5 Å². The molecule has 78 valence electrons. The highest BCUT2D eigenvalue weighted by Crippen LogP contribution is 2.21. The maximum absolute atomic E-state index is 10.0. The molecule has 14 heavy (non-hydrogen) atoms. The van der Waals surface area contributed by atoms with E-state index in [0.29, 0.717) is 0 Å². The number of H-pyrrole nitrogens is 1. The highest BCUT2D eigenvalue weighted by molar-refractivity contribution is 5.09. The van der Waals surface area contributed by atoms with Crippen LogP contribution in [0.15, 0.2) is 12.4 Å². The summed E-state index contributed by atoms with van der Waals surface area (Å²) in [5, 5.41) is 20.0. The smallest absolute Gasteiger partial charge is 0.0973 e. The summed E-state index contributed by atoms with van der Waals surface area (Å²) in [5.41, 5.74) is 0.879. The molecule has 0 aliphatic carbocycles. The van der Waals surface area contributed by atoms with Gasteiger partial charge >= 0.3 is 0 Å². The van der Waals surface area contributed by atoms with Gasteiger partial charge in [0, 0.05) is 17.8 Å². The molecule has 1 saturated heterocycles. The molecule has 1 fully saturated rings. The van der Waals surface area contributed by atoms with Gasteiger partial charge in [-0.2, -0.15) is 5.10 Å². The largest absolute Gasteiger partial charge is 0.387 e. The van der Waals surface area contributed by atoms with Gasteiger partial charge in [0.15, 0.2) is 0 Å². The molecular weight excluding hydrogens is 178 g/mol. The van der Waals surface area contributed by atoms with Crippen molar-refractivity contribution in [1.29, 1.82) is 0 Å². The lowest BCUT2D eigenvalue weighted by molar-refractivity contribution is 0.126. The molecule has 1 aromatic rings. The van der Waals surface area contributed by atoms with Crippen LogP contribution < -0.4 is 5.32 Å². The first-order valence-electron chi connectivity index (χ1n) is 5.28. The molecule has 2 heterocycles. The van der Waals surface area contributed by atoms with Crippen LogP contribution in [0.5, 0.6) is 0 Å². The van der Waals surface area contributed by atoms with Crippen LogP contribution in [0.4, 0.5) is 0 Å². The molecule has 0 spiro atoms. The van der Waals surface area contributed by atoms with Crippen molar-refractivity contribution in [3.63, 3.8) is 0 Å². The first kappa shape index (κ1) is 9.68. The van der Waals surface area contributed by atoms with Crippen molar-refractivity contribution in [2.75, 3.05) is 6.54 Å². The number of nitrogens with zero attached hydrogens (tertiary/aromatic N) is 1. The number of aliphatic hydroxyl groups is 1. The SMILES string of the molecule is OC(c1cn[nH]c1)C1CCCCCN1. The zero-order valence-corrected chi connectivity index (χ0v) is 8.24. The fourth-order valence-corrected chi connectivity index (χ4v) is 1.98. The fraction of sp³-hybridized carbons (Fsp3) is 0.700. The Morgan fingerprint density at radius 2 is 2.36 bits per heavy atom. The van der Waals surface area contributed by atoms with Crippen molar-refractivity contribution in [2.45, 2.75) is 37.8 Å². The van der Waals surface area contributed by atoms with Gasteiger partial charge in [-0.15, -0.1) is 0 Å². The van der Waals surface area contributed by atoms with Gasteiger partial charge in [0.25, 0.3) is 0 Å². The van der Waals surface area contributed by atoms with Gasteiger partial charge in [0.1, 0.15) is 0 Å². The van der Waals surface area contributed by atoms with E-state index < -0.39 is 6.10 Å². The Bertz CT molecular complexity index is 252. The quantitative estimate of drug-likeness (QED) is 0.659. The standard InChI is InChI=1S/C10H17N3O/c14-10(8-6-12-13-7-8)9-4-2-1-3-5-11-9/h6-7,9-11,14H,1-5H2,(H,12,13). The summed E-state index contributed by atoms with van der Waals surface area (Å²) >= 11 is 0. The molecule has 0 amide bonds. The van der Waals surface area contributed by atoms with Gasteiger partial charge in [0.2, 0.25) is 0 Å². The molecule has 0 aromatic carbocycles. The molecule has 1 aliphatic rings. The van der Waals surface area contributed by atoms with E-state index in [1.165, 1.54) is 19.3 Å². The zero-order chi connectivity index (χ0) is 9.80. The van der Waals surface area contributed by atoms with E-state index in [1.54, 1.807) is 12.4 Å². The van der Waals surface area contributed by atoms with Crippen LogP contribution >= 0.6 is 0 Å². The molecule has 2 atom stereocenters. The third kappa shape index (κ3) is 2.13. The van der Waals surface area contributed by atoms with Gasteiger partial charge in [-0.25, -0.2) is 0 Å². The summed E-state index contributed by atoms with van der Waals surface area (Å²) in [6, 6.07) is 0.190. The maximum Gasteiger partial charge on any atom is 0.0973 e. The first-order valence-corrected chi connectivity index (χ1v) is 5.28. The second-order valence-electron chi connectivity index (χ2n) is 3.89. The molecule has 2 rings (SSSR count). The number of rotatable bonds is 2. The Kier molecular flexibility index (Phi) is 3.16. The average Bonchev–Trinajstić information content (AvgIpc) is 2.59. The van der Waals surface area contributed by atoms with Crippen molar-refractivity contribution < 1.29 is 5.11 Å². The molecular formula is C10H17N3O.